The van der Waals surface area contributed by atoms with Crippen LogP contribution in [0, 0.1) is 0 Å². The number of ether oxygens (including phenoxy) is 1. The minimum Gasteiger partial charge on any atom is -0.482 e. The van der Waals surface area contributed by atoms with Gasteiger partial charge in [-0.25, -0.2) is 4.98 Å². The summed E-state index contributed by atoms with van der Waals surface area (Å²) in [4.78, 5) is 18.8. The number of hydrogen-bond acceptors (Lipinski definition) is 6. The lowest BCUT2D eigenvalue weighted by atomic mass is 10.1. The van der Waals surface area contributed by atoms with Crippen molar-refractivity contribution in [2.45, 2.75) is 19.1 Å². The van der Waals surface area contributed by atoms with Gasteiger partial charge in [0.25, 0.3) is 0 Å². The van der Waals surface area contributed by atoms with Gasteiger partial charge in [0.05, 0.1) is 17.2 Å². The van der Waals surface area contributed by atoms with Gasteiger partial charge in [-0.2, -0.15) is 13.2 Å². The molecule has 35 heavy (non-hydrogen) atoms. The van der Waals surface area contributed by atoms with Gasteiger partial charge < -0.3 is 15.0 Å². The predicted molar refractivity (Wildman–Crippen MR) is 126 cm³/mol. The molecule has 0 amide bonds. The molecule has 0 unspecified atom stereocenters. The second kappa shape index (κ2) is 10.0. The zero-order chi connectivity index (χ0) is 24.3. The lowest BCUT2D eigenvalue weighted by Crippen LogP contribution is -2.42. The fraction of sp³-hybridized carbons (Fsp3) is 0.320. The van der Waals surface area contributed by atoms with Crippen molar-refractivity contribution in [1.82, 2.24) is 30.2 Å². The number of fused-ring (bicyclic) bond motifs is 1. The van der Waals surface area contributed by atoms with Crippen LogP contribution in [0.5, 0.6) is 5.75 Å². The van der Waals surface area contributed by atoms with Crippen molar-refractivity contribution < 1.29 is 17.9 Å². The number of piperazine rings is 1. The number of aromatic nitrogens is 4. The van der Waals surface area contributed by atoms with Gasteiger partial charge in [-0.3, -0.25) is 14.9 Å². The van der Waals surface area contributed by atoms with E-state index in [0.717, 1.165) is 55.3 Å². The van der Waals surface area contributed by atoms with Crippen molar-refractivity contribution in [2.24, 2.45) is 0 Å². The maximum atomic E-state index is 12.6. The van der Waals surface area contributed by atoms with Gasteiger partial charge in [0.1, 0.15) is 11.6 Å². The summed E-state index contributed by atoms with van der Waals surface area (Å²) in [6, 6.07) is 11.3. The number of hydrogen-bond donors (Lipinski definition) is 2. The summed E-state index contributed by atoms with van der Waals surface area (Å²) in [5, 5.41) is 3.37. The number of benzene rings is 1. The number of halogens is 3. The molecule has 0 bridgehead atoms. The third-order valence-electron chi connectivity index (χ3n) is 5.86. The molecule has 4 aromatic rings. The Hall–Kier alpha value is -3.50. The molecule has 0 atom stereocenters. The Morgan fingerprint density at radius 1 is 1.03 bits per heavy atom. The molecule has 2 N–H and O–H groups in total. The van der Waals surface area contributed by atoms with Crippen LogP contribution in [0.15, 0.2) is 55.0 Å². The van der Waals surface area contributed by atoms with Crippen LogP contribution >= 0.6 is 0 Å². The number of aromatic amines is 1. The summed E-state index contributed by atoms with van der Waals surface area (Å²) in [5.74, 6) is 0.849. The van der Waals surface area contributed by atoms with Crippen molar-refractivity contribution in [2.75, 3.05) is 32.8 Å². The highest BCUT2D eigenvalue weighted by Crippen LogP contribution is 2.32. The Morgan fingerprint density at radius 2 is 1.89 bits per heavy atom. The Balaban J connectivity index is 1.33. The van der Waals surface area contributed by atoms with E-state index in [1.165, 1.54) is 18.0 Å². The van der Waals surface area contributed by atoms with Crippen LogP contribution in [0.25, 0.3) is 22.2 Å². The van der Waals surface area contributed by atoms with E-state index in [4.69, 9.17) is 4.74 Å². The van der Waals surface area contributed by atoms with E-state index in [-0.39, 0.29) is 5.75 Å². The Morgan fingerprint density at radius 3 is 2.71 bits per heavy atom. The van der Waals surface area contributed by atoms with Gasteiger partial charge in [0.2, 0.25) is 0 Å². The SMILES string of the molecule is FC(F)(F)COc1cnccc1-c1ccc2nc(Cc3cc(CN4CCNCC4)ccn3)[nH]c2c1. The number of nitrogens with one attached hydrogen (secondary N) is 2. The van der Waals surface area contributed by atoms with Gasteiger partial charge in [0.15, 0.2) is 6.61 Å². The van der Waals surface area contributed by atoms with Crippen molar-refractivity contribution in [3.8, 4) is 16.9 Å². The molecule has 3 aromatic heterocycles. The highest BCUT2D eigenvalue weighted by Gasteiger charge is 2.29. The molecule has 4 heterocycles. The monoisotopic (exact) mass is 482 g/mol. The van der Waals surface area contributed by atoms with Crippen LogP contribution in [-0.4, -0.2) is 63.8 Å². The molecule has 1 saturated heterocycles. The molecule has 182 valence electrons. The first-order valence-electron chi connectivity index (χ1n) is 11.4. The van der Waals surface area contributed by atoms with Gasteiger partial charge in [-0.1, -0.05) is 6.07 Å². The average molecular weight is 483 g/mol. The fourth-order valence-electron chi connectivity index (χ4n) is 4.23. The molecule has 0 spiro atoms. The van der Waals surface area contributed by atoms with E-state index in [0.29, 0.717) is 17.5 Å². The fourth-order valence-corrected chi connectivity index (χ4v) is 4.23. The number of pyridine rings is 2. The first-order valence-corrected chi connectivity index (χ1v) is 11.4. The maximum Gasteiger partial charge on any atom is 0.422 e. The quantitative estimate of drug-likeness (QED) is 0.415. The predicted octanol–water partition coefficient (Wildman–Crippen LogP) is 3.96. The first-order chi connectivity index (χ1) is 16.9. The van der Waals surface area contributed by atoms with Crippen LogP contribution in [0.4, 0.5) is 13.2 Å². The van der Waals surface area contributed by atoms with Crippen LogP contribution < -0.4 is 10.1 Å². The topological polar surface area (TPSA) is 79.0 Å². The minimum atomic E-state index is -4.42. The lowest BCUT2D eigenvalue weighted by Gasteiger charge is -2.27. The molecule has 1 aromatic carbocycles. The zero-order valence-electron chi connectivity index (χ0n) is 19.0. The summed E-state index contributed by atoms with van der Waals surface area (Å²) < 4.78 is 42.9. The van der Waals surface area contributed by atoms with Gasteiger partial charge in [-0.15, -0.1) is 0 Å². The third-order valence-corrected chi connectivity index (χ3v) is 5.86. The maximum absolute atomic E-state index is 12.6. The van der Waals surface area contributed by atoms with Gasteiger partial charge in [-0.05, 0) is 41.5 Å². The van der Waals surface area contributed by atoms with E-state index in [9.17, 15) is 13.2 Å². The Bertz CT molecular complexity index is 1300. The summed E-state index contributed by atoms with van der Waals surface area (Å²) in [6.45, 7) is 3.60. The van der Waals surface area contributed by atoms with Crippen LogP contribution in [0.2, 0.25) is 0 Å². The van der Waals surface area contributed by atoms with Crippen LogP contribution in [0.1, 0.15) is 17.1 Å². The van der Waals surface area contributed by atoms with E-state index < -0.39 is 12.8 Å². The summed E-state index contributed by atoms with van der Waals surface area (Å²) in [7, 11) is 0. The van der Waals surface area contributed by atoms with E-state index >= 15 is 0 Å². The number of nitrogens with zero attached hydrogens (tertiary/aromatic N) is 4. The average Bonchev–Trinajstić information content (AvgIpc) is 3.25. The molecule has 0 radical (unpaired) electrons. The smallest absolute Gasteiger partial charge is 0.422 e. The third kappa shape index (κ3) is 5.95. The van der Waals surface area contributed by atoms with Crippen molar-refractivity contribution in [3.63, 3.8) is 0 Å². The second-order valence-electron chi connectivity index (χ2n) is 8.55. The Labute approximate surface area is 200 Å². The minimum absolute atomic E-state index is 0.0782. The number of H-pyrrole nitrogens is 1. The highest BCUT2D eigenvalue weighted by atomic mass is 19.4. The highest BCUT2D eigenvalue weighted by molar-refractivity contribution is 5.83. The second-order valence-corrected chi connectivity index (χ2v) is 8.55. The molecule has 0 aliphatic carbocycles. The van der Waals surface area contributed by atoms with Gasteiger partial charge in [0, 0.05) is 62.8 Å². The largest absolute Gasteiger partial charge is 0.482 e. The molecule has 0 saturated carbocycles. The van der Waals surface area contributed by atoms with Crippen LogP contribution in [0.3, 0.4) is 0 Å². The lowest BCUT2D eigenvalue weighted by molar-refractivity contribution is -0.153. The van der Waals surface area contributed by atoms with Crippen LogP contribution in [-0.2, 0) is 13.0 Å². The summed E-state index contributed by atoms with van der Waals surface area (Å²) >= 11 is 0. The molecular formula is C25H25F3N6O. The number of alkyl halides is 3. The molecule has 7 nitrogen and oxygen atoms in total. The molecule has 1 aliphatic rings. The number of imidazole rings is 1. The van der Waals surface area contributed by atoms with Crippen molar-refractivity contribution in [1.29, 1.82) is 0 Å². The van der Waals surface area contributed by atoms with E-state index in [1.807, 2.05) is 30.5 Å². The summed E-state index contributed by atoms with van der Waals surface area (Å²) in [6.07, 6.45) is 0.778. The molecule has 10 heteroatoms. The number of rotatable bonds is 7. The molecule has 1 aliphatic heterocycles. The summed E-state index contributed by atoms with van der Waals surface area (Å²) in [5.41, 5.74) is 4.95. The normalized spacial score (nSPS) is 14.9. The van der Waals surface area contributed by atoms with Crippen molar-refractivity contribution in [3.05, 3.63) is 72.1 Å². The first kappa shape index (κ1) is 23.3. The standard InChI is InChI=1S/C25H25F3N6O/c26-25(27,28)16-35-23-14-30-5-4-20(23)18-1-2-21-22(12-18)33-24(32-21)13-19-11-17(3-6-31-19)15-34-9-7-29-8-10-34/h1-6,11-12,14,29H,7-10,13,15-16H2,(H,32,33). The van der Waals surface area contributed by atoms with E-state index in [2.05, 4.69) is 36.2 Å². The van der Waals surface area contributed by atoms with Crippen molar-refractivity contribution >= 4 is 11.0 Å². The molecular weight excluding hydrogens is 457 g/mol. The zero-order valence-corrected chi connectivity index (χ0v) is 19.0. The Kier molecular flexibility index (Phi) is 6.65. The van der Waals surface area contributed by atoms with Gasteiger partial charge >= 0.3 is 6.18 Å². The molecule has 1 fully saturated rings. The molecule has 5 rings (SSSR count). The van der Waals surface area contributed by atoms with E-state index in [1.54, 1.807) is 6.07 Å².